The molecule has 0 aliphatic heterocycles. The quantitative estimate of drug-likeness (QED) is 0.433. The molecular weight excluding hydrogens is 138 g/mol. The minimum absolute atomic E-state index is 0.564. The molecule has 0 rings (SSSR count). The van der Waals surface area contributed by atoms with Crippen LogP contribution in [0.4, 0.5) is 0 Å². The van der Waals surface area contributed by atoms with Crippen molar-refractivity contribution in [3.63, 3.8) is 0 Å². The molecule has 0 spiro atoms. The summed E-state index contributed by atoms with van der Waals surface area (Å²) < 4.78 is 5.23. The highest BCUT2D eigenvalue weighted by Gasteiger charge is 1.91. The lowest BCUT2D eigenvalue weighted by atomic mass is 10.5. The summed E-state index contributed by atoms with van der Waals surface area (Å²) in [4.78, 5) is 2.21. The molecule has 2 nitrogen and oxygen atoms in total. The summed E-state index contributed by atoms with van der Waals surface area (Å²) in [6, 6.07) is 0. The van der Waals surface area contributed by atoms with Gasteiger partial charge in [0.1, 0.15) is 6.61 Å². The average Bonchev–Trinajstić information content (AvgIpc) is 2.04. The van der Waals surface area contributed by atoms with Gasteiger partial charge in [0.2, 0.25) is 0 Å². The highest BCUT2D eigenvalue weighted by Crippen LogP contribution is 1.81. The fourth-order valence-electron chi connectivity index (χ4n) is 0.574. The van der Waals surface area contributed by atoms with E-state index in [4.69, 9.17) is 4.74 Å². The van der Waals surface area contributed by atoms with Crippen molar-refractivity contribution in [1.82, 2.24) is 4.90 Å². The maximum atomic E-state index is 5.23. The molecule has 64 valence electrons. The lowest BCUT2D eigenvalue weighted by Crippen LogP contribution is -2.22. The lowest BCUT2D eigenvalue weighted by molar-refractivity contribution is 0.139. The van der Waals surface area contributed by atoms with E-state index >= 15 is 0 Å². The lowest BCUT2D eigenvalue weighted by Gasteiger charge is -2.12. The molecule has 0 N–H and O–H groups in total. The highest BCUT2D eigenvalue weighted by atomic mass is 16.5. The van der Waals surface area contributed by atoms with Crippen LogP contribution in [0, 0.1) is 11.8 Å². The molecule has 0 bridgehead atoms. The monoisotopic (exact) mass is 155 g/mol. The first-order valence-corrected chi connectivity index (χ1v) is 3.97. The van der Waals surface area contributed by atoms with E-state index in [1.807, 2.05) is 6.92 Å². The zero-order valence-electron chi connectivity index (χ0n) is 7.68. The van der Waals surface area contributed by atoms with Gasteiger partial charge in [0.25, 0.3) is 0 Å². The van der Waals surface area contributed by atoms with E-state index in [2.05, 4.69) is 30.7 Å². The zero-order valence-corrected chi connectivity index (χ0v) is 7.68. The van der Waals surface area contributed by atoms with Gasteiger partial charge in [-0.05, 0) is 20.5 Å². The van der Waals surface area contributed by atoms with Crippen molar-refractivity contribution in [1.29, 1.82) is 0 Å². The molecule has 0 heterocycles. The third-order valence-electron chi connectivity index (χ3n) is 1.51. The number of nitrogens with zero attached hydrogens (tertiary/aromatic N) is 1. The van der Waals surface area contributed by atoms with E-state index in [0.717, 1.165) is 19.7 Å². The number of rotatable bonds is 5. The van der Waals surface area contributed by atoms with E-state index in [-0.39, 0.29) is 0 Å². The Labute approximate surface area is 69.5 Å². The normalized spacial score (nSPS) is 9.45. The SMILES string of the molecule is CC#CCOCCN(C)CC. The summed E-state index contributed by atoms with van der Waals surface area (Å²) in [6.07, 6.45) is 0. The Morgan fingerprint density at radius 2 is 2.18 bits per heavy atom. The molecule has 0 saturated heterocycles. The van der Waals surface area contributed by atoms with Crippen LogP contribution in [0.2, 0.25) is 0 Å². The minimum Gasteiger partial charge on any atom is -0.367 e. The van der Waals surface area contributed by atoms with Crippen molar-refractivity contribution in [3.8, 4) is 11.8 Å². The van der Waals surface area contributed by atoms with Crippen molar-refractivity contribution in [2.24, 2.45) is 0 Å². The molecule has 0 unspecified atom stereocenters. The Morgan fingerprint density at radius 1 is 1.45 bits per heavy atom. The highest BCUT2D eigenvalue weighted by molar-refractivity contribution is 4.94. The largest absolute Gasteiger partial charge is 0.367 e. The molecule has 0 aliphatic carbocycles. The van der Waals surface area contributed by atoms with Crippen molar-refractivity contribution in [3.05, 3.63) is 0 Å². The molecule has 0 atom stereocenters. The van der Waals surface area contributed by atoms with E-state index in [0.29, 0.717) is 6.61 Å². The van der Waals surface area contributed by atoms with Gasteiger partial charge in [0.05, 0.1) is 6.61 Å². The third-order valence-corrected chi connectivity index (χ3v) is 1.51. The molecule has 0 aromatic rings. The summed E-state index contributed by atoms with van der Waals surface area (Å²) in [5, 5.41) is 0. The van der Waals surface area contributed by atoms with E-state index in [1.54, 1.807) is 0 Å². The Kier molecular flexibility index (Phi) is 7.23. The summed E-state index contributed by atoms with van der Waals surface area (Å²) >= 11 is 0. The molecule has 0 fully saturated rings. The first-order valence-electron chi connectivity index (χ1n) is 3.97. The smallest absolute Gasteiger partial charge is 0.107 e. The van der Waals surface area contributed by atoms with Crippen LogP contribution in [0.1, 0.15) is 13.8 Å². The number of likely N-dealkylation sites (N-methyl/N-ethyl adjacent to an activating group) is 1. The molecule has 0 aromatic carbocycles. The molecule has 0 radical (unpaired) electrons. The molecule has 0 saturated carbocycles. The minimum atomic E-state index is 0.564. The van der Waals surface area contributed by atoms with Gasteiger partial charge in [-0.25, -0.2) is 0 Å². The standard InChI is InChI=1S/C9H17NO/c1-4-6-8-11-9-7-10(3)5-2/h5,7-9H2,1-3H3. The van der Waals surface area contributed by atoms with E-state index < -0.39 is 0 Å². The summed E-state index contributed by atoms with van der Waals surface area (Å²) in [6.45, 7) is 7.35. The van der Waals surface area contributed by atoms with Crippen molar-refractivity contribution >= 4 is 0 Å². The third kappa shape index (κ3) is 7.38. The molecular formula is C9H17NO. The average molecular weight is 155 g/mol. The fourth-order valence-corrected chi connectivity index (χ4v) is 0.574. The van der Waals surface area contributed by atoms with Crippen LogP contribution in [0.5, 0.6) is 0 Å². The zero-order chi connectivity index (χ0) is 8.53. The number of ether oxygens (including phenoxy) is 1. The van der Waals surface area contributed by atoms with Crippen LogP contribution in [-0.4, -0.2) is 38.3 Å². The molecule has 0 aliphatic rings. The van der Waals surface area contributed by atoms with E-state index in [1.165, 1.54) is 0 Å². The van der Waals surface area contributed by atoms with Crippen LogP contribution in [0.25, 0.3) is 0 Å². The number of hydrogen-bond acceptors (Lipinski definition) is 2. The van der Waals surface area contributed by atoms with Crippen molar-refractivity contribution in [2.45, 2.75) is 13.8 Å². The van der Waals surface area contributed by atoms with Crippen LogP contribution in [-0.2, 0) is 4.74 Å². The second kappa shape index (κ2) is 7.59. The summed E-state index contributed by atoms with van der Waals surface area (Å²) in [7, 11) is 2.08. The van der Waals surface area contributed by atoms with Crippen molar-refractivity contribution < 1.29 is 4.74 Å². The van der Waals surface area contributed by atoms with Gasteiger partial charge in [0.15, 0.2) is 0 Å². The molecule has 11 heavy (non-hydrogen) atoms. The first kappa shape index (κ1) is 10.5. The van der Waals surface area contributed by atoms with Gasteiger partial charge in [-0.3, -0.25) is 0 Å². The van der Waals surface area contributed by atoms with Gasteiger partial charge >= 0.3 is 0 Å². The van der Waals surface area contributed by atoms with Gasteiger partial charge in [-0.15, -0.1) is 5.92 Å². The van der Waals surface area contributed by atoms with Gasteiger partial charge in [0, 0.05) is 6.54 Å². The summed E-state index contributed by atoms with van der Waals surface area (Å²) in [5.41, 5.74) is 0. The van der Waals surface area contributed by atoms with Crippen molar-refractivity contribution in [2.75, 3.05) is 33.4 Å². The Bertz CT molecular complexity index is 134. The van der Waals surface area contributed by atoms with Crippen LogP contribution in [0.3, 0.4) is 0 Å². The van der Waals surface area contributed by atoms with Gasteiger partial charge < -0.3 is 9.64 Å². The van der Waals surface area contributed by atoms with Gasteiger partial charge in [-0.1, -0.05) is 12.8 Å². The molecule has 0 amide bonds. The second-order valence-electron chi connectivity index (χ2n) is 2.38. The maximum absolute atomic E-state index is 5.23. The summed E-state index contributed by atoms with van der Waals surface area (Å²) in [5.74, 6) is 5.63. The predicted molar refractivity (Wildman–Crippen MR) is 47.4 cm³/mol. The molecule has 0 aromatic heterocycles. The maximum Gasteiger partial charge on any atom is 0.107 e. The Morgan fingerprint density at radius 3 is 2.73 bits per heavy atom. The Balaban J connectivity index is 3.05. The Hall–Kier alpha value is -0.520. The van der Waals surface area contributed by atoms with E-state index in [9.17, 15) is 0 Å². The van der Waals surface area contributed by atoms with Gasteiger partial charge in [-0.2, -0.15) is 0 Å². The van der Waals surface area contributed by atoms with Crippen LogP contribution in [0.15, 0.2) is 0 Å². The topological polar surface area (TPSA) is 12.5 Å². The van der Waals surface area contributed by atoms with Crippen LogP contribution >= 0.6 is 0 Å². The molecule has 2 heteroatoms. The second-order valence-corrected chi connectivity index (χ2v) is 2.38. The number of hydrogen-bond donors (Lipinski definition) is 0. The fraction of sp³-hybridized carbons (Fsp3) is 0.778. The first-order chi connectivity index (χ1) is 5.31. The van der Waals surface area contributed by atoms with Crippen LogP contribution < -0.4 is 0 Å². The predicted octanol–water partition coefficient (Wildman–Crippen LogP) is 0.978.